The second-order valence-electron chi connectivity index (χ2n) is 6.70. The predicted octanol–water partition coefficient (Wildman–Crippen LogP) is 4.35. The molecular weight excluding hydrogens is 334 g/mol. The van der Waals surface area contributed by atoms with E-state index in [2.05, 4.69) is 16.1 Å². The van der Waals surface area contributed by atoms with Gasteiger partial charge >= 0.3 is 0 Å². The second kappa shape index (κ2) is 6.41. The monoisotopic (exact) mass is 352 g/mol. The van der Waals surface area contributed by atoms with Crippen molar-refractivity contribution in [2.24, 2.45) is 5.92 Å². The highest BCUT2D eigenvalue weighted by molar-refractivity contribution is 5.82. The number of hydrogen-bond acceptors (Lipinski definition) is 3. The van der Waals surface area contributed by atoms with Gasteiger partial charge in [0.25, 0.3) is 0 Å². The molecule has 0 atom stereocenters. The fraction of sp³-hybridized carbons (Fsp3) is 0.300. The van der Waals surface area contributed by atoms with E-state index in [9.17, 15) is 8.78 Å². The number of aromatic nitrogens is 2. The molecule has 0 saturated carbocycles. The number of rotatable bonds is 2. The van der Waals surface area contributed by atoms with Gasteiger partial charge in [0.05, 0.1) is 18.0 Å². The van der Waals surface area contributed by atoms with Gasteiger partial charge in [0.1, 0.15) is 11.3 Å². The number of hydrogen-bond donors (Lipinski definition) is 0. The summed E-state index contributed by atoms with van der Waals surface area (Å²) in [6.45, 7) is 3.14. The third-order valence-electron chi connectivity index (χ3n) is 5.11. The largest absolute Gasteiger partial charge is 0.371 e. The van der Waals surface area contributed by atoms with Crippen molar-refractivity contribution in [3.05, 3.63) is 53.7 Å². The van der Waals surface area contributed by atoms with E-state index in [0.717, 1.165) is 37.3 Å². The molecule has 1 aliphatic heterocycles. The van der Waals surface area contributed by atoms with Gasteiger partial charge in [-0.15, -0.1) is 0 Å². The Morgan fingerprint density at radius 2 is 1.77 bits per heavy atom. The maximum atomic E-state index is 14.5. The van der Waals surface area contributed by atoms with Crippen LogP contribution in [0.25, 0.3) is 16.6 Å². The van der Waals surface area contributed by atoms with Crippen molar-refractivity contribution in [3.8, 4) is 11.8 Å². The van der Waals surface area contributed by atoms with E-state index in [-0.39, 0.29) is 17.0 Å². The van der Waals surface area contributed by atoms with E-state index in [1.54, 1.807) is 0 Å². The van der Waals surface area contributed by atoms with Crippen LogP contribution in [0.3, 0.4) is 0 Å². The van der Waals surface area contributed by atoms with E-state index in [1.807, 2.05) is 24.3 Å². The first-order valence-electron chi connectivity index (χ1n) is 8.66. The van der Waals surface area contributed by atoms with Gasteiger partial charge < -0.3 is 4.90 Å². The number of benzene rings is 2. The Bertz CT molecular complexity index is 993. The van der Waals surface area contributed by atoms with Crippen LogP contribution in [0.1, 0.15) is 18.4 Å². The summed E-state index contributed by atoms with van der Waals surface area (Å²) < 4.78 is 29.8. The SMILES string of the molecule is Cc1c(F)cc2cnn(-c3ccc(N4CCC(C#N)CC4)cc3)c2c1F. The summed E-state index contributed by atoms with van der Waals surface area (Å²) in [7, 11) is 0. The lowest BCUT2D eigenvalue weighted by atomic mass is 9.98. The van der Waals surface area contributed by atoms with Crippen LogP contribution < -0.4 is 4.90 Å². The van der Waals surface area contributed by atoms with Crippen LogP contribution in [-0.2, 0) is 0 Å². The molecule has 0 N–H and O–H groups in total. The summed E-state index contributed by atoms with van der Waals surface area (Å²) in [5.41, 5.74) is 2.08. The van der Waals surface area contributed by atoms with Gasteiger partial charge in [0.15, 0.2) is 5.82 Å². The zero-order valence-corrected chi connectivity index (χ0v) is 14.4. The molecule has 6 heteroatoms. The van der Waals surface area contributed by atoms with E-state index in [1.165, 1.54) is 23.9 Å². The van der Waals surface area contributed by atoms with Crippen LogP contribution in [0.5, 0.6) is 0 Å². The van der Waals surface area contributed by atoms with Gasteiger partial charge in [-0.2, -0.15) is 10.4 Å². The second-order valence-corrected chi connectivity index (χ2v) is 6.70. The lowest BCUT2D eigenvalue weighted by Crippen LogP contribution is -2.33. The van der Waals surface area contributed by atoms with E-state index >= 15 is 0 Å². The average Bonchev–Trinajstić information content (AvgIpc) is 3.10. The summed E-state index contributed by atoms with van der Waals surface area (Å²) in [4.78, 5) is 2.25. The van der Waals surface area contributed by atoms with Crippen molar-refractivity contribution in [3.63, 3.8) is 0 Å². The van der Waals surface area contributed by atoms with Gasteiger partial charge in [-0.1, -0.05) is 0 Å². The van der Waals surface area contributed by atoms with Crippen molar-refractivity contribution >= 4 is 16.6 Å². The smallest absolute Gasteiger partial charge is 0.155 e. The Morgan fingerprint density at radius 1 is 1.12 bits per heavy atom. The molecule has 132 valence electrons. The van der Waals surface area contributed by atoms with Crippen molar-refractivity contribution in [2.45, 2.75) is 19.8 Å². The third kappa shape index (κ3) is 2.70. The minimum absolute atomic E-state index is 0.00349. The zero-order chi connectivity index (χ0) is 18.3. The lowest BCUT2D eigenvalue weighted by molar-refractivity contribution is 0.488. The Hall–Kier alpha value is -2.94. The maximum Gasteiger partial charge on any atom is 0.155 e. The summed E-state index contributed by atoms with van der Waals surface area (Å²) in [6, 6.07) is 11.4. The molecule has 0 bridgehead atoms. The minimum atomic E-state index is -0.583. The Balaban J connectivity index is 1.65. The van der Waals surface area contributed by atoms with Crippen LogP contribution in [0.15, 0.2) is 36.5 Å². The molecule has 0 amide bonds. The summed E-state index contributed by atoms with van der Waals surface area (Å²) >= 11 is 0. The molecule has 2 aromatic carbocycles. The first-order chi connectivity index (χ1) is 12.6. The predicted molar refractivity (Wildman–Crippen MR) is 96.3 cm³/mol. The van der Waals surface area contributed by atoms with Crippen LogP contribution in [0, 0.1) is 35.8 Å². The Morgan fingerprint density at radius 3 is 2.42 bits per heavy atom. The zero-order valence-electron chi connectivity index (χ0n) is 14.4. The number of nitriles is 1. The molecule has 4 rings (SSSR count). The fourth-order valence-electron chi connectivity index (χ4n) is 3.48. The van der Waals surface area contributed by atoms with Gasteiger partial charge in [-0.25, -0.2) is 13.5 Å². The highest BCUT2D eigenvalue weighted by Crippen LogP contribution is 2.28. The summed E-state index contributed by atoms with van der Waals surface area (Å²) in [5, 5.41) is 13.7. The average molecular weight is 352 g/mol. The van der Waals surface area contributed by atoms with Gasteiger partial charge in [0.2, 0.25) is 0 Å². The normalized spacial score (nSPS) is 15.4. The molecule has 0 spiro atoms. The summed E-state index contributed by atoms with van der Waals surface area (Å²) in [5.74, 6) is -1.00. The number of nitrogens with zero attached hydrogens (tertiary/aromatic N) is 4. The maximum absolute atomic E-state index is 14.5. The molecule has 1 aliphatic rings. The standard InChI is InChI=1S/C20H18F2N4/c1-13-18(21)10-15-12-24-26(20(15)19(13)22)17-4-2-16(3-5-17)25-8-6-14(11-23)7-9-25/h2-5,10,12,14H,6-9H2,1H3. The number of halogens is 2. The van der Waals surface area contributed by atoms with Crippen LogP contribution in [0.2, 0.25) is 0 Å². The van der Waals surface area contributed by atoms with Crippen molar-refractivity contribution < 1.29 is 8.78 Å². The molecule has 2 heterocycles. The van der Waals surface area contributed by atoms with Gasteiger partial charge in [0, 0.05) is 35.6 Å². The quantitative estimate of drug-likeness (QED) is 0.689. The molecule has 26 heavy (non-hydrogen) atoms. The molecule has 1 saturated heterocycles. The van der Waals surface area contributed by atoms with Crippen LogP contribution >= 0.6 is 0 Å². The Kier molecular flexibility index (Phi) is 4.08. The Labute approximate surface area is 150 Å². The molecule has 0 radical (unpaired) electrons. The first-order valence-corrected chi connectivity index (χ1v) is 8.66. The molecular formula is C20H18F2N4. The topological polar surface area (TPSA) is 44.9 Å². The number of anilines is 1. The van der Waals surface area contributed by atoms with E-state index < -0.39 is 11.6 Å². The highest BCUT2D eigenvalue weighted by atomic mass is 19.1. The number of fused-ring (bicyclic) bond motifs is 1. The van der Waals surface area contributed by atoms with Crippen molar-refractivity contribution in [1.82, 2.24) is 9.78 Å². The van der Waals surface area contributed by atoms with Crippen LogP contribution in [0.4, 0.5) is 14.5 Å². The fourth-order valence-corrected chi connectivity index (χ4v) is 3.48. The van der Waals surface area contributed by atoms with Crippen molar-refractivity contribution in [1.29, 1.82) is 5.26 Å². The molecule has 4 nitrogen and oxygen atoms in total. The third-order valence-corrected chi connectivity index (χ3v) is 5.11. The van der Waals surface area contributed by atoms with Crippen molar-refractivity contribution in [2.75, 3.05) is 18.0 Å². The number of piperidine rings is 1. The van der Waals surface area contributed by atoms with E-state index in [0.29, 0.717) is 5.39 Å². The highest BCUT2D eigenvalue weighted by Gasteiger charge is 2.19. The first kappa shape index (κ1) is 16.5. The van der Waals surface area contributed by atoms with Gasteiger partial charge in [-0.3, -0.25) is 0 Å². The minimum Gasteiger partial charge on any atom is -0.371 e. The molecule has 0 unspecified atom stereocenters. The molecule has 3 aromatic rings. The molecule has 1 aromatic heterocycles. The van der Waals surface area contributed by atoms with E-state index in [4.69, 9.17) is 5.26 Å². The lowest BCUT2D eigenvalue weighted by Gasteiger charge is -2.31. The van der Waals surface area contributed by atoms with Crippen LogP contribution in [-0.4, -0.2) is 22.9 Å². The molecule has 0 aliphatic carbocycles. The van der Waals surface area contributed by atoms with Gasteiger partial charge in [-0.05, 0) is 50.1 Å². The molecule has 1 fully saturated rings. The summed E-state index contributed by atoms with van der Waals surface area (Å²) in [6.07, 6.45) is 3.22.